The molecule has 1 aliphatic rings. The van der Waals surface area contributed by atoms with Gasteiger partial charge in [0.15, 0.2) is 0 Å². The molecule has 1 saturated heterocycles. The average Bonchev–Trinajstić information content (AvgIpc) is 2.73. The normalized spacial score (nSPS) is 20.2. The molecule has 1 N–H and O–H groups in total. The highest BCUT2D eigenvalue weighted by Crippen LogP contribution is 2.27. The maximum Gasteiger partial charge on any atom is 0.255 e. The van der Waals surface area contributed by atoms with Crippen molar-refractivity contribution in [2.24, 2.45) is 11.8 Å². The van der Waals surface area contributed by atoms with Gasteiger partial charge in [0.1, 0.15) is 0 Å². The Labute approximate surface area is 177 Å². The van der Waals surface area contributed by atoms with Crippen molar-refractivity contribution in [3.05, 3.63) is 72.3 Å². The number of anilines is 1. The standard InChI is InChI=1S/C24H26N2O3S/c1-17-12-18(2)16-26(15-17)30(28,29)23-9-5-8-21(14-23)24(27)25-22-11-10-19-6-3-4-7-20(19)13-22/h3-11,13-14,17-18H,12,15-16H2,1-2H3,(H,25,27). The Bertz CT molecular complexity index is 1180. The number of amides is 1. The zero-order valence-corrected chi connectivity index (χ0v) is 18.0. The molecule has 4 rings (SSSR count). The van der Waals surface area contributed by atoms with E-state index in [2.05, 4.69) is 19.2 Å². The molecule has 1 aliphatic heterocycles. The van der Waals surface area contributed by atoms with Crippen LogP contribution in [0.4, 0.5) is 5.69 Å². The monoisotopic (exact) mass is 422 g/mol. The van der Waals surface area contributed by atoms with Gasteiger partial charge in [-0.1, -0.05) is 50.2 Å². The van der Waals surface area contributed by atoms with Crippen molar-refractivity contribution >= 4 is 32.4 Å². The lowest BCUT2D eigenvalue weighted by Gasteiger charge is -2.34. The quantitative estimate of drug-likeness (QED) is 0.659. The van der Waals surface area contributed by atoms with Crippen molar-refractivity contribution in [2.45, 2.75) is 25.2 Å². The molecule has 2 unspecified atom stereocenters. The fourth-order valence-electron chi connectivity index (χ4n) is 4.22. The highest BCUT2D eigenvalue weighted by molar-refractivity contribution is 7.89. The summed E-state index contributed by atoms with van der Waals surface area (Å²) in [5.41, 5.74) is 0.994. The molecule has 0 bridgehead atoms. The second kappa shape index (κ2) is 8.20. The Morgan fingerprint density at radius 1 is 0.900 bits per heavy atom. The number of piperidine rings is 1. The Kier molecular flexibility index (Phi) is 5.62. The molecule has 0 aromatic heterocycles. The van der Waals surface area contributed by atoms with E-state index in [1.54, 1.807) is 22.5 Å². The van der Waals surface area contributed by atoms with Gasteiger partial charge < -0.3 is 5.32 Å². The second-order valence-corrected chi connectivity index (χ2v) is 10.2. The molecule has 1 amide bonds. The summed E-state index contributed by atoms with van der Waals surface area (Å²) in [7, 11) is -3.63. The highest BCUT2D eigenvalue weighted by Gasteiger charge is 2.31. The van der Waals surface area contributed by atoms with Crippen molar-refractivity contribution in [1.82, 2.24) is 4.31 Å². The molecular formula is C24H26N2O3S. The van der Waals surface area contributed by atoms with Crippen LogP contribution in [0.2, 0.25) is 0 Å². The molecule has 0 aliphatic carbocycles. The first-order valence-corrected chi connectivity index (χ1v) is 11.7. The van der Waals surface area contributed by atoms with Crippen molar-refractivity contribution < 1.29 is 13.2 Å². The number of nitrogens with zero attached hydrogens (tertiary/aromatic N) is 1. The lowest BCUT2D eigenvalue weighted by Crippen LogP contribution is -2.42. The molecule has 0 saturated carbocycles. The van der Waals surface area contributed by atoms with Crippen LogP contribution in [0.3, 0.4) is 0 Å². The first-order chi connectivity index (χ1) is 14.3. The number of sulfonamides is 1. The van der Waals surface area contributed by atoms with Gasteiger partial charge in [0.25, 0.3) is 5.91 Å². The molecular weight excluding hydrogens is 396 g/mol. The number of rotatable bonds is 4. The van der Waals surface area contributed by atoms with E-state index in [1.807, 2.05) is 42.5 Å². The number of benzene rings is 3. The summed E-state index contributed by atoms with van der Waals surface area (Å²) in [6, 6.07) is 19.9. The zero-order chi connectivity index (χ0) is 21.3. The van der Waals surface area contributed by atoms with Crippen LogP contribution >= 0.6 is 0 Å². The van der Waals surface area contributed by atoms with Gasteiger partial charge in [0, 0.05) is 24.3 Å². The van der Waals surface area contributed by atoms with Gasteiger partial charge in [-0.15, -0.1) is 0 Å². The highest BCUT2D eigenvalue weighted by atomic mass is 32.2. The predicted octanol–water partition coefficient (Wildman–Crippen LogP) is 4.76. The van der Waals surface area contributed by atoms with Gasteiger partial charge in [-0.25, -0.2) is 8.42 Å². The maximum absolute atomic E-state index is 13.2. The third kappa shape index (κ3) is 4.25. The first kappa shape index (κ1) is 20.6. The molecule has 156 valence electrons. The molecule has 0 spiro atoms. The molecule has 0 radical (unpaired) electrons. The average molecular weight is 423 g/mol. The largest absolute Gasteiger partial charge is 0.322 e. The van der Waals surface area contributed by atoms with Gasteiger partial charge in [-0.3, -0.25) is 4.79 Å². The lowest BCUT2D eigenvalue weighted by atomic mass is 9.94. The molecule has 1 fully saturated rings. The summed E-state index contributed by atoms with van der Waals surface area (Å²) in [6.45, 7) is 5.18. The van der Waals surface area contributed by atoms with Gasteiger partial charge in [-0.05, 0) is 59.4 Å². The van der Waals surface area contributed by atoms with E-state index in [9.17, 15) is 13.2 Å². The second-order valence-electron chi connectivity index (χ2n) is 8.31. The smallest absolute Gasteiger partial charge is 0.255 e. The molecule has 1 heterocycles. The van der Waals surface area contributed by atoms with E-state index in [0.29, 0.717) is 36.2 Å². The minimum atomic E-state index is -3.63. The minimum absolute atomic E-state index is 0.162. The maximum atomic E-state index is 13.2. The Morgan fingerprint density at radius 3 is 2.33 bits per heavy atom. The van der Waals surface area contributed by atoms with Crippen LogP contribution in [-0.2, 0) is 10.0 Å². The van der Waals surface area contributed by atoms with E-state index in [1.165, 1.54) is 6.07 Å². The molecule has 3 aromatic carbocycles. The molecule has 30 heavy (non-hydrogen) atoms. The van der Waals surface area contributed by atoms with Crippen LogP contribution in [0, 0.1) is 11.8 Å². The van der Waals surface area contributed by atoms with Gasteiger partial charge in [0.2, 0.25) is 10.0 Å². The predicted molar refractivity (Wildman–Crippen MR) is 120 cm³/mol. The van der Waals surface area contributed by atoms with Crippen LogP contribution in [-0.4, -0.2) is 31.7 Å². The SMILES string of the molecule is CC1CC(C)CN(S(=O)(=O)c2cccc(C(=O)Nc3ccc4ccccc4c3)c2)C1. The van der Waals surface area contributed by atoms with Crippen LogP contribution in [0.15, 0.2) is 71.6 Å². The Hall–Kier alpha value is -2.70. The van der Waals surface area contributed by atoms with Crippen LogP contribution in [0.1, 0.15) is 30.6 Å². The van der Waals surface area contributed by atoms with Gasteiger partial charge in [-0.2, -0.15) is 4.31 Å². The lowest BCUT2D eigenvalue weighted by molar-refractivity contribution is 0.102. The van der Waals surface area contributed by atoms with E-state index in [4.69, 9.17) is 0 Å². The fourth-order valence-corrected chi connectivity index (χ4v) is 5.95. The third-order valence-electron chi connectivity index (χ3n) is 5.58. The van der Waals surface area contributed by atoms with E-state index >= 15 is 0 Å². The summed E-state index contributed by atoms with van der Waals surface area (Å²) < 4.78 is 27.9. The molecule has 6 heteroatoms. The molecule has 2 atom stereocenters. The van der Waals surface area contributed by atoms with Crippen LogP contribution in [0.5, 0.6) is 0 Å². The number of carbonyl (C=O) groups excluding carboxylic acids is 1. The van der Waals surface area contributed by atoms with E-state index in [-0.39, 0.29) is 10.8 Å². The summed E-state index contributed by atoms with van der Waals surface area (Å²) >= 11 is 0. The zero-order valence-electron chi connectivity index (χ0n) is 17.2. The van der Waals surface area contributed by atoms with Gasteiger partial charge >= 0.3 is 0 Å². The summed E-state index contributed by atoms with van der Waals surface area (Å²) in [4.78, 5) is 13.0. The van der Waals surface area contributed by atoms with Crippen LogP contribution in [0.25, 0.3) is 10.8 Å². The molecule has 3 aromatic rings. The summed E-state index contributed by atoms with van der Waals surface area (Å²) in [6.07, 6.45) is 1.03. The van der Waals surface area contributed by atoms with Crippen molar-refractivity contribution in [2.75, 3.05) is 18.4 Å². The summed E-state index contributed by atoms with van der Waals surface area (Å²) in [5, 5.41) is 4.99. The van der Waals surface area contributed by atoms with Crippen molar-refractivity contribution in [3.63, 3.8) is 0 Å². The topological polar surface area (TPSA) is 66.5 Å². The Balaban J connectivity index is 1.56. The third-order valence-corrected chi connectivity index (χ3v) is 7.40. The number of carbonyl (C=O) groups is 1. The van der Waals surface area contributed by atoms with Gasteiger partial charge in [0.05, 0.1) is 4.90 Å². The van der Waals surface area contributed by atoms with E-state index < -0.39 is 10.0 Å². The Morgan fingerprint density at radius 2 is 1.60 bits per heavy atom. The number of hydrogen-bond acceptors (Lipinski definition) is 3. The van der Waals surface area contributed by atoms with Crippen molar-refractivity contribution in [3.8, 4) is 0 Å². The van der Waals surface area contributed by atoms with E-state index in [0.717, 1.165) is 17.2 Å². The van der Waals surface area contributed by atoms with Crippen LogP contribution < -0.4 is 5.32 Å². The number of hydrogen-bond donors (Lipinski definition) is 1. The molecule has 5 nitrogen and oxygen atoms in total. The minimum Gasteiger partial charge on any atom is -0.322 e. The number of fused-ring (bicyclic) bond motifs is 1. The summed E-state index contributed by atoms with van der Waals surface area (Å²) in [5.74, 6) is 0.313. The van der Waals surface area contributed by atoms with Crippen molar-refractivity contribution in [1.29, 1.82) is 0 Å². The fraction of sp³-hybridized carbons (Fsp3) is 0.292. The number of nitrogens with one attached hydrogen (secondary N) is 1. The first-order valence-electron chi connectivity index (χ1n) is 10.2.